The second-order valence-corrected chi connectivity index (χ2v) is 7.83. The van der Waals surface area contributed by atoms with E-state index in [-0.39, 0.29) is 12.5 Å². The van der Waals surface area contributed by atoms with E-state index in [0.717, 1.165) is 45.8 Å². The highest BCUT2D eigenvalue weighted by Crippen LogP contribution is 2.26. The smallest absolute Gasteiger partial charge is 0.241 e. The van der Waals surface area contributed by atoms with Crippen molar-refractivity contribution in [3.05, 3.63) is 35.7 Å². The van der Waals surface area contributed by atoms with Gasteiger partial charge in [0.25, 0.3) is 0 Å². The van der Waals surface area contributed by atoms with Crippen molar-refractivity contribution >= 4 is 11.6 Å². The molecule has 2 saturated heterocycles. The van der Waals surface area contributed by atoms with Crippen LogP contribution in [0.2, 0.25) is 0 Å². The van der Waals surface area contributed by atoms with Crippen LogP contribution in [0, 0.1) is 12.8 Å². The molecule has 0 aliphatic carbocycles. The fourth-order valence-electron chi connectivity index (χ4n) is 4.00. The largest absolute Gasteiger partial charge is 0.379 e. The third-order valence-corrected chi connectivity index (χ3v) is 5.70. The first kappa shape index (κ1) is 19.8. The zero-order valence-corrected chi connectivity index (χ0v) is 17.0. The van der Waals surface area contributed by atoms with Crippen molar-refractivity contribution in [2.24, 2.45) is 5.92 Å². The standard InChI is InChI=1S/C20H29N7O2/c1-16-4-2-3-5-18(16)26-7-6-17(13-26)12-21-20(28)15-27-19(22-23-24-27)14-25-8-10-29-11-9-25/h2-5,17H,6-15H2,1H3,(H,21,28)/t17-/m1/s1. The Morgan fingerprint density at radius 2 is 2.07 bits per heavy atom. The molecule has 2 fully saturated rings. The maximum absolute atomic E-state index is 12.4. The van der Waals surface area contributed by atoms with E-state index in [0.29, 0.717) is 24.8 Å². The Balaban J connectivity index is 1.24. The molecule has 2 aliphatic rings. The quantitative estimate of drug-likeness (QED) is 0.723. The van der Waals surface area contributed by atoms with Gasteiger partial charge in [-0.25, -0.2) is 4.68 Å². The molecule has 156 valence electrons. The van der Waals surface area contributed by atoms with Crippen LogP contribution in [0.4, 0.5) is 5.69 Å². The van der Waals surface area contributed by atoms with Gasteiger partial charge < -0.3 is 15.0 Å². The minimum atomic E-state index is -0.0464. The first-order valence-electron chi connectivity index (χ1n) is 10.3. The molecule has 3 heterocycles. The fraction of sp³-hybridized carbons (Fsp3) is 0.600. The van der Waals surface area contributed by atoms with Gasteiger partial charge in [0, 0.05) is 38.4 Å². The number of hydrogen-bond acceptors (Lipinski definition) is 7. The van der Waals surface area contributed by atoms with Crippen LogP contribution in [0.15, 0.2) is 24.3 Å². The van der Waals surface area contributed by atoms with Crippen molar-refractivity contribution in [1.82, 2.24) is 30.4 Å². The second-order valence-electron chi connectivity index (χ2n) is 7.83. The Kier molecular flexibility index (Phi) is 6.36. The van der Waals surface area contributed by atoms with Crippen LogP contribution in [0.3, 0.4) is 0 Å². The number of nitrogens with zero attached hydrogens (tertiary/aromatic N) is 6. The first-order chi connectivity index (χ1) is 14.2. The van der Waals surface area contributed by atoms with Gasteiger partial charge in [0.15, 0.2) is 5.82 Å². The zero-order valence-electron chi connectivity index (χ0n) is 17.0. The Labute approximate surface area is 171 Å². The van der Waals surface area contributed by atoms with Crippen LogP contribution in [0.25, 0.3) is 0 Å². The number of nitrogens with one attached hydrogen (secondary N) is 1. The van der Waals surface area contributed by atoms with Crippen LogP contribution < -0.4 is 10.2 Å². The van der Waals surface area contributed by atoms with Gasteiger partial charge in [0.1, 0.15) is 6.54 Å². The predicted octanol–water partition coefficient (Wildman–Crippen LogP) is 0.456. The molecule has 9 nitrogen and oxygen atoms in total. The molecule has 0 bridgehead atoms. The van der Waals surface area contributed by atoms with Gasteiger partial charge >= 0.3 is 0 Å². The topological polar surface area (TPSA) is 88.4 Å². The van der Waals surface area contributed by atoms with Crippen LogP contribution in [0.5, 0.6) is 0 Å². The molecular weight excluding hydrogens is 370 g/mol. The van der Waals surface area contributed by atoms with Crippen molar-refractivity contribution in [2.75, 3.05) is 50.8 Å². The molecule has 2 aliphatic heterocycles. The summed E-state index contributed by atoms with van der Waals surface area (Å²) in [5.41, 5.74) is 2.59. The molecule has 4 rings (SSSR count). The molecule has 0 unspecified atom stereocenters. The SMILES string of the molecule is Cc1ccccc1N1CC[C@H](CNC(=O)Cn2nnnc2CN2CCOCC2)C1. The number of morpholine rings is 1. The lowest BCUT2D eigenvalue weighted by Gasteiger charge is -2.25. The van der Waals surface area contributed by atoms with E-state index in [1.54, 1.807) is 4.68 Å². The maximum atomic E-state index is 12.4. The fourth-order valence-corrected chi connectivity index (χ4v) is 4.00. The van der Waals surface area contributed by atoms with E-state index < -0.39 is 0 Å². The molecule has 0 radical (unpaired) electrons. The number of rotatable bonds is 7. The highest BCUT2D eigenvalue weighted by molar-refractivity contribution is 5.75. The molecule has 0 saturated carbocycles. The number of carbonyl (C=O) groups excluding carboxylic acids is 1. The highest BCUT2D eigenvalue weighted by atomic mass is 16.5. The third-order valence-electron chi connectivity index (χ3n) is 5.70. The maximum Gasteiger partial charge on any atom is 0.241 e. The normalized spacial score (nSPS) is 20.2. The molecule has 1 amide bonds. The van der Waals surface area contributed by atoms with Gasteiger partial charge in [-0.2, -0.15) is 0 Å². The number of tetrazole rings is 1. The minimum Gasteiger partial charge on any atom is -0.379 e. The lowest BCUT2D eigenvalue weighted by atomic mass is 10.1. The Hall–Kier alpha value is -2.52. The molecule has 0 spiro atoms. The van der Waals surface area contributed by atoms with E-state index in [4.69, 9.17) is 4.74 Å². The summed E-state index contributed by atoms with van der Waals surface area (Å²) in [7, 11) is 0. The molecule has 1 N–H and O–H groups in total. The average molecular weight is 399 g/mol. The van der Waals surface area contributed by atoms with Crippen LogP contribution >= 0.6 is 0 Å². The summed E-state index contributed by atoms with van der Waals surface area (Å²) in [5, 5.41) is 14.9. The first-order valence-corrected chi connectivity index (χ1v) is 10.3. The van der Waals surface area contributed by atoms with E-state index >= 15 is 0 Å². The molecule has 1 atom stereocenters. The minimum absolute atomic E-state index is 0.0464. The summed E-state index contributed by atoms with van der Waals surface area (Å²) in [6, 6.07) is 8.46. The lowest BCUT2D eigenvalue weighted by molar-refractivity contribution is -0.122. The summed E-state index contributed by atoms with van der Waals surface area (Å²) in [4.78, 5) is 17.1. The molecule has 2 aromatic rings. The van der Waals surface area contributed by atoms with Crippen molar-refractivity contribution in [2.45, 2.75) is 26.4 Å². The van der Waals surface area contributed by atoms with Crippen LogP contribution in [-0.2, 0) is 22.6 Å². The molecular formula is C20H29N7O2. The van der Waals surface area contributed by atoms with Gasteiger partial charge in [-0.1, -0.05) is 18.2 Å². The van der Waals surface area contributed by atoms with Crippen LogP contribution in [-0.4, -0.2) is 77.0 Å². The summed E-state index contributed by atoms with van der Waals surface area (Å²) >= 11 is 0. The summed E-state index contributed by atoms with van der Waals surface area (Å²) in [6.07, 6.45) is 1.09. The number of anilines is 1. The van der Waals surface area contributed by atoms with Crippen molar-refractivity contribution in [1.29, 1.82) is 0 Å². The number of ether oxygens (including phenoxy) is 1. The Bertz CT molecular complexity index is 819. The van der Waals surface area contributed by atoms with Gasteiger partial charge in [-0.15, -0.1) is 5.10 Å². The van der Waals surface area contributed by atoms with E-state index in [2.05, 4.69) is 61.8 Å². The zero-order chi connectivity index (χ0) is 20.1. The lowest BCUT2D eigenvalue weighted by Crippen LogP contribution is -2.37. The number of aryl methyl sites for hydroxylation is 1. The number of benzene rings is 1. The Morgan fingerprint density at radius 3 is 2.90 bits per heavy atom. The van der Waals surface area contributed by atoms with Gasteiger partial charge in [-0.3, -0.25) is 9.69 Å². The molecule has 29 heavy (non-hydrogen) atoms. The van der Waals surface area contributed by atoms with E-state index in [1.165, 1.54) is 11.3 Å². The number of aromatic nitrogens is 4. The van der Waals surface area contributed by atoms with Gasteiger partial charge in [-0.05, 0) is 41.3 Å². The summed E-state index contributed by atoms with van der Waals surface area (Å²) in [5.74, 6) is 1.13. The van der Waals surface area contributed by atoms with Gasteiger partial charge in [0.05, 0.1) is 19.8 Å². The average Bonchev–Trinajstić information content (AvgIpc) is 3.37. The summed E-state index contributed by atoms with van der Waals surface area (Å²) in [6.45, 7) is 8.79. The number of carbonyl (C=O) groups is 1. The third kappa shape index (κ3) is 5.10. The number of amides is 1. The molecule has 9 heteroatoms. The van der Waals surface area contributed by atoms with E-state index in [1.807, 2.05) is 0 Å². The summed E-state index contributed by atoms with van der Waals surface area (Å²) < 4.78 is 6.97. The van der Waals surface area contributed by atoms with Crippen molar-refractivity contribution in [3.8, 4) is 0 Å². The number of hydrogen-bond donors (Lipinski definition) is 1. The van der Waals surface area contributed by atoms with Gasteiger partial charge in [0.2, 0.25) is 5.91 Å². The molecule has 1 aromatic heterocycles. The van der Waals surface area contributed by atoms with Crippen molar-refractivity contribution in [3.63, 3.8) is 0 Å². The second kappa shape index (κ2) is 9.32. The van der Waals surface area contributed by atoms with Crippen LogP contribution in [0.1, 0.15) is 17.8 Å². The monoisotopic (exact) mass is 399 g/mol. The van der Waals surface area contributed by atoms with E-state index in [9.17, 15) is 4.79 Å². The molecule has 1 aromatic carbocycles. The predicted molar refractivity (Wildman–Crippen MR) is 108 cm³/mol. The Morgan fingerprint density at radius 1 is 1.24 bits per heavy atom. The number of para-hydroxylation sites is 1. The highest BCUT2D eigenvalue weighted by Gasteiger charge is 2.24. The van der Waals surface area contributed by atoms with Crippen molar-refractivity contribution < 1.29 is 9.53 Å².